The number of nitrogens with one attached hydrogen (secondary N) is 2. The Hall–Kier alpha value is -3.61. The van der Waals surface area contributed by atoms with Crippen LogP contribution < -0.4 is 10.6 Å². The summed E-state index contributed by atoms with van der Waals surface area (Å²) in [5, 5.41) is 2.97. The number of benzene rings is 2. The van der Waals surface area contributed by atoms with Crippen molar-refractivity contribution in [3.05, 3.63) is 65.2 Å². The Morgan fingerprint density at radius 1 is 0.929 bits per heavy atom. The molecule has 228 valence electrons. The second kappa shape index (κ2) is 16.7. The van der Waals surface area contributed by atoms with Gasteiger partial charge in [0, 0.05) is 30.6 Å². The molecule has 0 heterocycles. The predicted molar refractivity (Wildman–Crippen MR) is 154 cm³/mol. The summed E-state index contributed by atoms with van der Waals surface area (Å²) < 4.78 is 68.3. The topological polar surface area (TPSA) is 182 Å². The van der Waals surface area contributed by atoms with Gasteiger partial charge < -0.3 is 20.1 Å². The highest BCUT2D eigenvalue weighted by Gasteiger charge is 2.30. The molecule has 3 N–H and O–H groups in total. The largest absolute Gasteiger partial charge is 0.377 e. The van der Waals surface area contributed by atoms with Crippen molar-refractivity contribution in [1.82, 2.24) is 10.6 Å². The van der Waals surface area contributed by atoms with Gasteiger partial charge in [-0.2, -0.15) is 8.42 Å². The first-order chi connectivity index (χ1) is 19.8. The van der Waals surface area contributed by atoms with Gasteiger partial charge >= 0.3 is 0 Å². The molecule has 2 aromatic rings. The van der Waals surface area contributed by atoms with E-state index in [0.29, 0.717) is 0 Å². The van der Waals surface area contributed by atoms with Crippen molar-refractivity contribution < 1.29 is 45.2 Å². The summed E-state index contributed by atoms with van der Waals surface area (Å²) in [7, 11) is -8.46. The lowest BCUT2D eigenvalue weighted by Crippen LogP contribution is -2.43. The molecule has 0 fully saturated rings. The summed E-state index contributed by atoms with van der Waals surface area (Å²) in [5.74, 6) is -0.218. The Balaban J connectivity index is 1.87. The molecule has 0 aliphatic carbocycles. The van der Waals surface area contributed by atoms with Crippen LogP contribution in [0, 0.1) is 19.3 Å². The molecule has 42 heavy (non-hydrogen) atoms. The molecule has 0 aliphatic rings. The van der Waals surface area contributed by atoms with Crippen LogP contribution in [-0.2, 0) is 34.2 Å². The monoisotopic (exact) mass is 622 g/mol. The van der Waals surface area contributed by atoms with Gasteiger partial charge in [0.05, 0.1) is 30.5 Å². The minimum absolute atomic E-state index is 0.0283. The molecule has 0 bridgehead atoms. The summed E-state index contributed by atoms with van der Waals surface area (Å²) in [5.41, 5.74) is 1.10. The summed E-state index contributed by atoms with van der Waals surface area (Å²) in [6, 6.07) is 11.9. The Morgan fingerprint density at radius 3 is 2.26 bits per heavy atom. The highest BCUT2D eigenvalue weighted by atomic mass is 32.2. The van der Waals surface area contributed by atoms with Crippen molar-refractivity contribution in [1.29, 1.82) is 0 Å². The van der Waals surface area contributed by atoms with E-state index in [4.69, 9.17) is 15.9 Å². The fourth-order valence-corrected chi connectivity index (χ4v) is 5.62. The third kappa shape index (κ3) is 11.7. The van der Waals surface area contributed by atoms with Gasteiger partial charge in [0.15, 0.2) is 20.9 Å². The summed E-state index contributed by atoms with van der Waals surface area (Å²) >= 11 is 0. The highest BCUT2D eigenvalue weighted by molar-refractivity contribution is 7.91. The molecule has 0 saturated carbocycles. The molecule has 0 spiro atoms. The molecule has 0 saturated heterocycles. The van der Waals surface area contributed by atoms with E-state index in [-0.39, 0.29) is 62.0 Å². The maximum absolute atomic E-state index is 12.7. The minimum Gasteiger partial charge on any atom is -0.377 e. The third-order valence-electron chi connectivity index (χ3n) is 5.87. The number of rotatable bonds is 18. The van der Waals surface area contributed by atoms with Crippen LogP contribution in [0.2, 0.25) is 0 Å². The first-order valence-corrected chi connectivity index (χ1v) is 16.0. The van der Waals surface area contributed by atoms with Crippen molar-refractivity contribution in [2.24, 2.45) is 0 Å². The van der Waals surface area contributed by atoms with Gasteiger partial charge in [0.1, 0.15) is 6.61 Å². The molecule has 14 heteroatoms. The third-order valence-corrected chi connectivity index (χ3v) is 8.77. The molecule has 1 unspecified atom stereocenters. The lowest BCUT2D eigenvalue weighted by atomic mass is 10.1. The SMILES string of the molecule is C#CCOCCOCCNC(=O)C(CCNC(=O)c1cccc(C(=O)CCS(=O)(=O)c2ccc(C)cc2)c1)S(=O)(=O)O. The van der Waals surface area contributed by atoms with E-state index in [1.807, 2.05) is 6.92 Å². The Bertz CT molecular complexity index is 1480. The second-order valence-corrected chi connectivity index (χ2v) is 12.8. The molecule has 2 amide bonds. The second-order valence-electron chi connectivity index (χ2n) is 9.09. The van der Waals surface area contributed by atoms with E-state index in [0.717, 1.165) is 5.56 Å². The van der Waals surface area contributed by atoms with Crippen LogP contribution in [0.1, 0.15) is 39.1 Å². The fraction of sp³-hybridized carbons (Fsp3) is 0.393. The van der Waals surface area contributed by atoms with E-state index in [1.165, 1.54) is 36.4 Å². The summed E-state index contributed by atoms with van der Waals surface area (Å²) in [6.07, 6.45) is 4.32. The van der Waals surface area contributed by atoms with Gasteiger partial charge in [-0.05, 0) is 37.6 Å². The molecule has 0 aromatic heterocycles. The lowest BCUT2D eigenvalue weighted by Gasteiger charge is -2.15. The van der Waals surface area contributed by atoms with Gasteiger partial charge in [-0.25, -0.2) is 8.42 Å². The number of aryl methyl sites for hydroxylation is 1. The highest BCUT2D eigenvalue weighted by Crippen LogP contribution is 2.15. The van der Waals surface area contributed by atoms with Crippen LogP contribution in [-0.4, -0.2) is 89.5 Å². The fourth-order valence-electron chi connectivity index (χ4n) is 3.61. The van der Waals surface area contributed by atoms with Crippen molar-refractivity contribution in [3.8, 4) is 12.3 Å². The molecule has 2 aromatic carbocycles. The molecule has 1 atom stereocenters. The Labute approximate surface area is 245 Å². The van der Waals surface area contributed by atoms with E-state index in [2.05, 4.69) is 16.6 Å². The van der Waals surface area contributed by atoms with Gasteiger partial charge in [0.2, 0.25) is 5.91 Å². The molecule has 0 radical (unpaired) electrons. The van der Waals surface area contributed by atoms with Crippen LogP contribution >= 0.6 is 0 Å². The average Bonchev–Trinajstić information content (AvgIpc) is 2.95. The van der Waals surface area contributed by atoms with Crippen LogP contribution in [0.5, 0.6) is 0 Å². The van der Waals surface area contributed by atoms with Crippen molar-refractivity contribution in [2.75, 3.05) is 45.3 Å². The molecular weight excluding hydrogens is 588 g/mol. The normalized spacial score (nSPS) is 12.2. The maximum Gasteiger partial charge on any atom is 0.277 e. The van der Waals surface area contributed by atoms with Gasteiger partial charge in [-0.3, -0.25) is 18.9 Å². The number of ether oxygens (including phenoxy) is 2. The van der Waals surface area contributed by atoms with Gasteiger partial charge in [0.25, 0.3) is 16.0 Å². The minimum atomic E-state index is -4.78. The van der Waals surface area contributed by atoms with Crippen LogP contribution in [0.15, 0.2) is 53.4 Å². The number of terminal acetylenes is 1. The molecule has 12 nitrogen and oxygen atoms in total. The van der Waals surface area contributed by atoms with Crippen molar-refractivity contribution in [2.45, 2.75) is 29.9 Å². The zero-order chi connectivity index (χ0) is 31.2. The van der Waals surface area contributed by atoms with Crippen LogP contribution in [0.25, 0.3) is 0 Å². The van der Waals surface area contributed by atoms with Crippen molar-refractivity contribution in [3.63, 3.8) is 0 Å². The molecule has 0 aliphatic heterocycles. The van der Waals surface area contributed by atoms with E-state index in [9.17, 15) is 35.8 Å². The zero-order valence-electron chi connectivity index (χ0n) is 23.1. The van der Waals surface area contributed by atoms with E-state index >= 15 is 0 Å². The Morgan fingerprint density at radius 2 is 1.60 bits per heavy atom. The van der Waals surface area contributed by atoms with Crippen LogP contribution in [0.3, 0.4) is 0 Å². The number of ketones is 1. The predicted octanol–water partition coefficient (Wildman–Crippen LogP) is 1.20. The number of carbonyl (C=O) groups excluding carboxylic acids is 3. The maximum atomic E-state index is 12.7. The van der Waals surface area contributed by atoms with Gasteiger partial charge in [-0.1, -0.05) is 35.7 Å². The number of hydrogen-bond donors (Lipinski definition) is 3. The van der Waals surface area contributed by atoms with Crippen molar-refractivity contribution >= 4 is 37.6 Å². The van der Waals surface area contributed by atoms with E-state index < -0.39 is 55.0 Å². The Kier molecular flexibility index (Phi) is 13.8. The zero-order valence-corrected chi connectivity index (χ0v) is 24.7. The number of sulfone groups is 1. The van der Waals surface area contributed by atoms with Gasteiger partial charge in [-0.15, -0.1) is 6.42 Å². The standard InChI is InChI=1S/C28H34N2O10S2/c1-3-15-39-17-18-40-16-14-30-28(33)26(42(36,37)38)11-13-29-27(32)23-6-4-5-22(20-23)25(31)12-19-41(34,35)24-9-7-21(2)8-10-24/h1,4-10,20,26H,11-19H2,2H3,(H,29,32)(H,30,33)(H,36,37,38). The van der Waals surface area contributed by atoms with E-state index in [1.54, 1.807) is 12.1 Å². The summed E-state index contributed by atoms with van der Waals surface area (Å²) in [4.78, 5) is 37.7. The van der Waals surface area contributed by atoms with Crippen LogP contribution in [0.4, 0.5) is 0 Å². The summed E-state index contributed by atoms with van der Waals surface area (Å²) in [6.45, 7) is 2.17. The number of hydrogen-bond acceptors (Lipinski definition) is 9. The molecule has 2 rings (SSSR count). The lowest BCUT2D eigenvalue weighted by molar-refractivity contribution is -0.121. The average molecular weight is 623 g/mol. The number of Topliss-reactive ketones (excluding diaryl/α,β-unsaturated/α-hetero) is 1. The quantitative estimate of drug-likeness (QED) is 0.0945. The molecular formula is C28H34N2O10S2. The number of amides is 2. The smallest absolute Gasteiger partial charge is 0.277 e. The first kappa shape index (κ1) is 34.6. The first-order valence-electron chi connectivity index (χ1n) is 12.9. The number of carbonyl (C=O) groups is 3.